The lowest BCUT2D eigenvalue weighted by Gasteiger charge is -2.53. The second kappa shape index (κ2) is 4.61. The van der Waals surface area contributed by atoms with Gasteiger partial charge >= 0.3 is 0 Å². The molecule has 2 saturated heterocycles. The lowest BCUT2D eigenvalue weighted by molar-refractivity contribution is -0.0134. The quantitative estimate of drug-likeness (QED) is 0.833. The number of hydrogen-bond donors (Lipinski definition) is 1. The molecule has 6 rings (SSSR count). The zero-order valence-electron chi connectivity index (χ0n) is 13.7. The molecule has 0 amide bonds. The van der Waals surface area contributed by atoms with E-state index in [1.54, 1.807) is 11.3 Å². The van der Waals surface area contributed by atoms with Gasteiger partial charge in [-0.3, -0.25) is 4.90 Å². The van der Waals surface area contributed by atoms with Crippen molar-refractivity contribution in [2.45, 2.75) is 51.5 Å². The molecule has 1 aliphatic carbocycles. The molecule has 0 spiro atoms. The molecule has 3 aliphatic heterocycles. The molecule has 3 fully saturated rings. The lowest BCUT2D eigenvalue weighted by Crippen LogP contribution is -2.56. The summed E-state index contributed by atoms with van der Waals surface area (Å²) in [4.78, 5) is 6.68. The normalized spacial score (nSPS) is 36.4. The fourth-order valence-electron chi connectivity index (χ4n) is 5.81. The number of aromatic nitrogens is 1. The van der Waals surface area contributed by atoms with Gasteiger partial charge in [-0.1, -0.05) is 25.0 Å². The van der Waals surface area contributed by atoms with E-state index in [9.17, 15) is 0 Å². The summed E-state index contributed by atoms with van der Waals surface area (Å²) in [6, 6.07) is 7.72. The minimum atomic E-state index is 0.752. The second-order valence-corrected chi connectivity index (χ2v) is 7.91. The summed E-state index contributed by atoms with van der Waals surface area (Å²) in [5, 5.41) is 1.49. The topological polar surface area (TPSA) is 19.0 Å². The summed E-state index contributed by atoms with van der Waals surface area (Å²) in [6.07, 6.45) is 5.47. The Morgan fingerprint density at radius 3 is 3.05 bits per heavy atom. The fourth-order valence-corrected chi connectivity index (χ4v) is 5.81. The largest absolute Gasteiger partial charge is 0.358 e. The third-order valence-electron chi connectivity index (χ3n) is 6.67. The number of piperidine rings is 2. The molecule has 2 heteroatoms. The van der Waals surface area contributed by atoms with Gasteiger partial charge < -0.3 is 4.98 Å². The van der Waals surface area contributed by atoms with E-state index in [1.165, 1.54) is 55.2 Å². The maximum absolute atomic E-state index is 3.84. The summed E-state index contributed by atoms with van der Waals surface area (Å²) < 4.78 is 0. The molecule has 4 aliphatic rings. The summed E-state index contributed by atoms with van der Waals surface area (Å²) in [5.74, 6) is 2.60. The number of rotatable bonds is 1. The molecule has 22 heavy (non-hydrogen) atoms. The van der Waals surface area contributed by atoms with E-state index in [2.05, 4.69) is 41.9 Å². The van der Waals surface area contributed by atoms with Crippen LogP contribution in [0.25, 0.3) is 10.9 Å². The number of H-pyrrole nitrogens is 1. The van der Waals surface area contributed by atoms with Gasteiger partial charge in [0, 0.05) is 41.6 Å². The molecule has 1 N–H and O–H groups in total. The van der Waals surface area contributed by atoms with Crippen molar-refractivity contribution in [2.24, 2.45) is 11.8 Å². The number of nitrogens with one attached hydrogen (secondary N) is 1. The van der Waals surface area contributed by atoms with Crippen LogP contribution in [0, 0.1) is 18.8 Å². The molecule has 4 heterocycles. The van der Waals surface area contributed by atoms with E-state index >= 15 is 0 Å². The van der Waals surface area contributed by atoms with Crippen LogP contribution >= 0.6 is 0 Å². The van der Waals surface area contributed by atoms with E-state index in [0.29, 0.717) is 0 Å². The summed E-state index contributed by atoms with van der Waals surface area (Å²) in [6.45, 7) is 7.24. The maximum Gasteiger partial charge on any atom is 0.0459 e. The Balaban J connectivity index is 1.69. The lowest BCUT2D eigenvalue weighted by atomic mass is 9.65. The Kier molecular flexibility index (Phi) is 2.76. The van der Waals surface area contributed by atoms with Crippen LogP contribution in [0.2, 0.25) is 0 Å². The minimum Gasteiger partial charge on any atom is -0.358 e. The monoisotopic (exact) mass is 294 g/mol. The van der Waals surface area contributed by atoms with Crippen LogP contribution in [0.5, 0.6) is 0 Å². The van der Waals surface area contributed by atoms with Gasteiger partial charge in [-0.05, 0) is 55.7 Å². The highest BCUT2D eigenvalue weighted by Gasteiger charge is 2.48. The van der Waals surface area contributed by atoms with E-state index in [-0.39, 0.29) is 0 Å². The minimum absolute atomic E-state index is 0.752. The van der Waals surface area contributed by atoms with Crippen molar-refractivity contribution in [1.29, 1.82) is 0 Å². The van der Waals surface area contributed by atoms with Gasteiger partial charge in [0.2, 0.25) is 0 Å². The van der Waals surface area contributed by atoms with E-state index < -0.39 is 0 Å². The van der Waals surface area contributed by atoms with Gasteiger partial charge in [0.1, 0.15) is 0 Å². The van der Waals surface area contributed by atoms with Crippen molar-refractivity contribution in [2.75, 3.05) is 13.1 Å². The highest BCUT2D eigenvalue weighted by Crippen LogP contribution is 2.50. The molecule has 4 bridgehead atoms. The standard InChI is InChI=1S/C20H26N2/c1-3-14-9-13-10-17-19-15(6-7-22(11-13)20(14)17)16-8-12(2)4-5-18(16)21-19/h4-5,8,13-14,17,20-21H,3,6-7,9-11H2,1-2H3/t13?,14-,17?,20?/m0/s1. The SMILES string of the molecule is CC[C@H]1CC2CC3c4[nH]c5ccc(C)cc5c4CCN(C2)C31. The summed E-state index contributed by atoms with van der Waals surface area (Å²) in [5.41, 5.74) is 5.97. The average Bonchev–Trinajstić information content (AvgIpc) is 2.85. The molecule has 1 saturated carbocycles. The fraction of sp³-hybridized carbons (Fsp3) is 0.600. The molecule has 2 nitrogen and oxygen atoms in total. The average molecular weight is 294 g/mol. The second-order valence-electron chi connectivity index (χ2n) is 7.91. The third kappa shape index (κ3) is 1.70. The molecule has 5 atom stereocenters. The van der Waals surface area contributed by atoms with Gasteiger partial charge in [-0.25, -0.2) is 0 Å². The first-order chi connectivity index (χ1) is 10.7. The van der Waals surface area contributed by atoms with E-state index in [0.717, 1.165) is 23.8 Å². The Bertz CT molecular complexity index is 729. The van der Waals surface area contributed by atoms with E-state index in [4.69, 9.17) is 0 Å². The van der Waals surface area contributed by atoms with Gasteiger partial charge in [0.05, 0.1) is 0 Å². The van der Waals surface area contributed by atoms with Crippen LogP contribution in [0.4, 0.5) is 0 Å². The Hall–Kier alpha value is -1.28. The molecule has 0 radical (unpaired) electrons. The smallest absolute Gasteiger partial charge is 0.0459 e. The van der Waals surface area contributed by atoms with E-state index in [1.807, 2.05) is 0 Å². The third-order valence-corrected chi connectivity index (χ3v) is 6.67. The number of aromatic amines is 1. The van der Waals surface area contributed by atoms with Crippen molar-refractivity contribution >= 4 is 10.9 Å². The predicted octanol–water partition coefficient (Wildman–Crippen LogP) is 4.24. The van der Waals surface area contributed by atoms with Crippen molar-refractivity contribution in [3.8, 4) is 0 Å². The molecule has 1 aromatic heterocycles. The number of nitrogens with zero attached hydrogens (tertiary/aromatic N) is 1. The molecule has 1 aromatic carbocycles. The van der Waals surface area contributed by atoms with Crippen LogP contribution in [-0.2, 0) is 6.42 Å². The number of fused-ring (bicyclic) bond motifs is 4. The van der Waals surface area contributed by atoms with Crippen molar-refractivity contribution in [1.82, 2.24) is 9.88 Å². The first-order valence-corrected chi connectivity index (χ1v) is 9.09. The molecule has 4 unspecified atom stereocenters. The maximum atomic E-state index is 3.84. The first-order valence-electron chi connectivity index (χ1n) is 9.09. The number of aryl methyl sites for hydroxylation is 1. The molecule has 2 aromatic rings. The van der Waals surface area contributed by atoms with Crippen LogP contribution in [0.1, 0.15) is 48.9 Å². The zero-order valence-corrected chi connectivity index (χ0v) is 13.7. The summed E-state index contributed by atoms with van der Waals surface area (Å²) in [7, 11) is 0. The number of benzene rings is 1. The Morgan fingerprint density at radius 1 is 1.27 bits per heavy atom. The van der Waals surface area contributed by atoms with Crippen molar-refractivity contribution < 1.29 is 0 Å². The Labute approximate surface area is 132 Å². The number of hydrogen-bond acceptors (Lipinski definition) is 1. The molecular formula is C20H26N2. The van der Waals surface area contributed by atoms with Crippen molar-refractivity contribution in [3.05, 3.63) is 35.0 Å². The van der Waals surface area contributed by atoms with Gasteiger partial charge in [0.15, 0.2) is 0 Å². The van der Waals surface area contributed by atoms with Crippen LogP contribution in [-0.4, -0.2) is 29.0 Å². The Morgan fingerprint density at radius 2 is 2.18 bits per heavy atom. The van der Waals surface area contributed by atoms with Crippen LogP contribution in [0.3, 0.4) is 0 Å². The zero-order chi connectivity index (χ0) is 14.8. The highest BCUT2D eigenvalue weighted by molar-refractivity contribution is 5.85. The van der Waals surface area contributed by atoms with Gasteiger partial charge in [-0.15, -0.1) is 0 Å². The summed E-state index contributed by atoms with van der Waals surface area (Å²) >= 11 is 0. The molecule has 116 valence electrons. The van der Waals surface area contributed by atoms with Crippen molar-refractivity contribution in [3.63, 3.8) is 0 Å². The van der Waals surface area contributed by atoms with Crippen LogP contribution in [0.15, 0.2) is 18.2 Å². The van der Waals surface area contributed by atoms with Crippen LogP contribution < -0.4 is 0 Å². The van der Waals surface area contributed by atoms with Gasteiger partial charge in [-0.2, -0.15) is 0 Å². The van der Waals surface area contributed by atoms with Gasteiger partial charge in [0.25, 0.3) is 0 Å². The highest BCUT2D eigenvalue weighted by atomic mass is 15.2. The predicted molar refractivity (Wildman–Crippen MR) is 91.3 cm³/mol. The molecular weight excluding hydrogens is 268 g/mol. The first kappa shape index (κ1) is 13.2.